The second-order valence-electron chi connectivity index (χ2n) is 7.82. The molecular formula is C23H30N2O5S. The van der Waals surface area contributed by atoms with E-state index in [-0.39, 0.29) is 24.2 Å². The lowest BCUT2D eigenvalue weighted by Gasteiger charge is -2.26. The lowest BCUT2D eigenvalue weighted by atomic mass is 9.96. The van der Waals surface area contributed by atoms with Gasteiger partial charge in [-0.05, 0) is 69.0 Å². The SMILES string of the molecule is CCS(=O)(=O)N(CC(=O)NC(C)c1cc(C)c(C)cc1C)c1ccc2c(c1)OCCO2. The molecule has 0 saturated heterocycles. The molecule has 1 unspecified atom stereocenters. The van der Waals surface area contributed by atoms with Gasteiger partial charge in [0.05, 0.1) is 17.5 Å². The van der Waals surface area contributed by atoms with Gasteiger partial charge in [-0.3, -0.25) is 9.10 Å². The van der Waals surface area contributed by atoms with Crippen LogP contribution >= 0.6 is 0 Å². The standard InChI is InChI=1S/C23H30N2O5S/c1-6-31(27,28)25(19-7-8-21-22(13-19)30-10-9-29-21)14-23(26)24-18(5)20-12-16(3)15(2)11-17(20)4/h7-8,11-13,18H,6,9-10,14H2,1-5H3,(H,24,26). The Hall–Kier alpha value is -2.74. The highest BCUT2D eigenvalue weighted by atomic mass is 32.2. The molecule has 31 heavy (non-hydrogen) atoms. The Labute approximate surface area is 184 Å². The van der Waals surface area contributed by atoms with Gasteiger partial charge >= 0.3 is 0 Å². The summed E-state index contributed by atoms with van der Waals surface area (Å²) in [4.78, 5) is 12.9. The Kier molecular flexibility index (Phi) is 6.79. The molecule has 168 valence electrons. The average molecular weight is 447 g/mol. The number of aryl methyl sites for hydroxylation is 3. The number of sulfonamides is 1. The second-order valence-corrected chi connectivity index (χ2v) is 10.00. The first-order valence-corrected chi connectivity index (χ1v) is 12.0. The molecule has 1 amide bonds. The number of benzene rings is 2. The van der Waals surface area contributed by atoms with Gasteiger partial charge in [0.1, 0.15) is 19.8 Å². The Bertz CT molecular complexity index is 1080. The van der Waals surface area contributed by atoms with Crippen molar-refractivity contribution in [3.63, 3.8) is 0 Å². The molecule has 1 atom stereocenters. The van der Waals surface area contributed by atoms with E-state index < -0.39 is 10.0 Å². The third-order valence-electron chi connectivity index (χ3n) is 5.53. The van der Waals surface area contributed by atoms with E-state index in [1.54, 1.807) is 25.1 Å². The Balaban J connectivity index is 1.82. The highest BCUT2D eigenvalue weighted by molar-refractivity contribution is 7.92. The number of anilines is 1. The summed E-state index contributed by atoms with van der Waals surface area (Å²) in [5, 5.41) is 2.94. The minimum absolute atomic E-state index is 0.124. The van der Waals surface area contributed by atoms with Crippen LogP contribution in [0.1, 0.15) is 42.1 Å². The molecule has 0 aliphatic carbocycles. The van der Waals surface area contributed by atoms with Crippen molar-refractivity contribution < 1.29 is 22.7 Å². The molecule has 0 saturated carbocycles. The van der Waals surface area contributed by atoms with Gasteiger partial charge < -0.3 is 14.8 Å². The second kappa shape index (κ2) is 9.18. The first kappa shape index (κ1) is 22.9. The van der Waals surface area contributed by atoms with E-state index in [9.17, 15) is 13.2 Å². The van der Waals surface area contributed by atoms with Crippen LogP contribution in [-0.4, -0.2) is 39.8 Å². The van der Waals surface area contributed by atoms with Gasteiger partial charge in [0, 0.05) is 6.07 Å². The molecule has 0 aromatic heterocycles. The summed E-state index contributed by atoms with van der Waals surface area (Å²) in [5.41, 5.74) is 4.81. The van der Waals surface area contributed by atoms with E-state index in [1.165, 1.54) is 5.56 Å². The summed E-state index contributed by atoms with van der Waals surface area (Å²) < 4.78 is 37.7. The van der Waals surface area contributed by atoms with Crippen molar-refractivity contribution in [3.05, 3.63) is 52.6 Å². The zero-order valence-electron chi connectivity index (χ0n) is 18.7. The number of fused-ring (bicyclic) bond motifs is 1. The lowest BCUT2D eigenvalue weighted by molar-refractivity contribution is -0.120. The summed E-state index contributed by atoms with van der Waals surface area (Å²) >= 11 is 0. The summed E-state index contributed by atoms with van der Waals surface area (Å²) in [6.07, 6.45) is 0. The minimum atomic E-state index is -3.68. The quantitative estimate of drug-likeness (QED) is 0.705. The van der Waals surface area contributed by atoms with E-state index in [2.05, 4.69) is 24.4 Å². The maximum Gasteiger partial charge on any atom is 0.241 e. The van der Waals surface area contributed by atoms with E-state index in [4.69, 9.17) is 9.47 Å². The number of carbonyl (C=O) groups is 1. The summed E-state index contributed by atoms with van der Waals surface area (Å²) in [6.45, 7) is 10.1. The molecule has 7 nitrogen and oxygen atoms in total. The van der Waals surface area contributed by atoms with Crippen LogP contribution in [0.2, 0.25) is 0 Å². The monoisotopic (exact) mass is 446 g/mol. The number of nitrogens with one attached hydrogen (secondary N) is 1. The van der Waals surface area contributed by atoms with Gasteiger partial charge in [0.25, 0.3) is 0 Å². The highest BCUT2D eigenvalue weighted by Crippen LogP contribution is 2.35. The van der Waals surface area contributed by atoms with Crippen LogP contribution in [0, 0.1) is 20.8 Å². The normalized spacial score (nSPS) is 14.1. The van der Waals surface area contributed by atoms with Gasteiger partial charge in [-0.25, -0.2) is 8.42 Å². The van der Waals surface area contributed by atoms with Gasteiger partial charge in [0.15, 0.2) is 11.5 Å². The number of rotatable bonds is 7. The Morgan fingerprint density at radius 1 is 1.03 bits per heavy atom. The third-order valence-corrected chi connectivity index (χ3v) is 7.27. The van der Waals surface area contributed by atoms with Crippen LogP contribution in [0.5, 0.6) is 11.5 Å². The molecule has 1 N–H and O–H groups in total. The molecule has 2 aromatic rings. The molecule has 0 fully saturated rings. The van der Waals surface area contributed by atoms with Gasteiger partial charge in [0.2, 0.25) is 15.9 Å². The first-order chi connectivity index (χ1) is 14.6. The van der Waals surface area contributed by atoms with Crippen LogP contribution in [0.3, 0.4) is 0 Å². The Morgan fingerprint density at radius 2 is 1.68 bits per heavy atom. The van der Waals surface area contributed by atoms with E-state index in [0.29, 0.717) is 30.4 Å². The lowest BCUT2D eigenvalue weighted by Crippen LogP contribution is -2.42. The molecule has 8 heteroatoms. The predicted octanol–water partition coefficient (Wildman–Crippen LogP) is 3.42. The molecule has 0 bridgehead atoms. The summed E-state index contributed by atoms with van der Waals surface area (Å²) in [7, 11) is -3.68. The van der Waals surface area contributed by atoms with Crippen LogP contribution in [-0.2, 0) is 14.8 Å². The number of ether oxygens (including phenoxy) is 2. The molecule has 0 radical (unpaired) electrons. The predicted molar refractivity (Wildman–Crippen MR) is 121 cm³/mol. The molecule has 3 rings (SSSR count). The molecular weight excluding hydrogens is 416 g/mol. The topological polar surface area (TPSA) is 84.9 Å². The van der Waals surface area contributed by atoms with Crippen LogP contribution in [0.4, 0.5) is 5.69 Å². The largest absolute Gasteiger partial charge is 0.486 e. The van der Waals surface area contributed by atoms with Crippen LogP contribution in [0.15, 0.2) is 30.3 Å². The maximum atomic E-state index is 12.9. The highest BCUT2D eigenvalue weighted by Gasteiger charge is 2.26. The summed E-state index contributed by atoms with van der Waals surface area (Å²) in [5.74, 6) is 0.532. The van der Waals surface area contributed by atoms with Crippen molar-refractivity contribution >= 4 is 21.6 Å². The molecule has 2 aromatic carbocycles. The zero-order valence-corrected chi connectivity index (χ0v) is 19.5. The zero-order chi connectivity index (χ0) is 22.8. The number of hydrogen-bond donors (Lipinski definition) is 1. The first-order valence-electron chi connectivity index (χ1n) is 10.4. The Morgan fingerprint density at radius 3 is 2.35 bits per heavy atom. The van der Waals surface area contributed by atoms with Crippen molar-refractivity contribution in [2.45, 2.75) is 40.7 Å². The van der Waals surface area contributed by atoms with Gasteiger partial charge in [-0.15, -0.1) is 0 Å². The van der Waals surface area contributed by atoms with Crippen LogP contribution < -0.4 is 19.1 Å². The van der Waals surface area contributed by atoms with Gasteiger partial charge in [-0.2, -0.15) is 0 Å². The van der Waals surface area contributed by atoms with Crippen molar-refractivity contribution in [1.29, 1.82) is 0 Å². The fourth-order valence-corrected chi connectivity index (χ4v) is 4.70. The van der Waals surface area contributed by atoms with Crippen LogP contribution in [0.25, 0.3) is 0 Å². The van der Waals surface area contributed by atoms with Crippen molar-refractivity contribution in [3.8, 4) is 11.5 Å². The smallest absolute Gasteiger partial charge is 0.241 e. The van der Waals surface area contributed by atoms with Crippen molar-refractivity contribution in [2.75, 3.05) is 29.8 Å². The van der Waals surface area contributed by atoms with E-state index >= 15 is 0 Å². The fourth-order valence-electron chi connectivity index (χ4n) is 3.64. The maximum absolute atomic E-state index is 12.9. The van der Waals surface area contributed by atoms with Gasteiger partial charge in [-0.1, -0.05) is 12.1 Å². The molecule has 1 aliphatic rings. The number of hydrogen-bond acceptors (Lipinski definition) is 5. The molecule has 1 aliphatic heterocycles. The van der Waals surface area contributed by atoms with E-state index in [1.807, 2.05) is 20.8 Å². The van der Waals surface area contributed by atoms with E-state index in [0.717, 1.165) is 21.0 Å². The number of amides is 1. The number of nitrogens with zero attached hydrogens (tertiary/aromatic N) is 1. The molecule has 0 spiro atoms. The number of carbonyl (C=O) groups excluding carboxylic acids is 1. The minimum Gasteiger partial charge on any atom is -0.486 e. The third kappa shape index (κ3) is 5.12. The summed E-state index contributed by atoms with van der Waals surface area (Å²) in [6, 6.07) is 8.81. The van der Waals surface area contributed by atoms with Crippen molar-refractivity contribution in [1.82, 2.24) is 5.32 Å². The average Bonchev–Trinajstić information content (AvgIpc) is 2.74. The fraction of sp³-hybridized carbons (Fsp3) is 0.435. The van der Waals surface area contributed by atoms with Crippen molar-refractivity contribution in [2.24, 2.45) is 0 Å². The molecule has 1 heterocycles.